The maximum absolute atomic E-state index is 11.1. The highest BCUT2D eigenvalue weighted by atomic mass is 35.5. The second kappa shape index (κ2) is 4.45. The number of rotatable bonds is 2. The average molecular weight is 237 g/mol. The molecular formula is C11H9ClN2O2. The van der Waals surface area contributed by atoms with Crippen LogP contribution in [-0.4, -0.2) is 23.0 Å². The maximum Gasteiger partial charge on any atom is 0.311 e. The Morgan fingerprint density at radius 3 is 2.56 bits per heavy atom. The number of carbonyl (C=O) groups excluding carboxylic acids is 1. The first kappa shape index (κ1) is 10.8. The number of benzene rings is 1. The molecule has 1 heterocycles. The van der Waals surface area contributed by atoms with E-state index in [1.165, 1.54) is 7.11 Å². The summed E-state index contributed by atoms with van der Waals surface area (Å²) in [6, 6.07) is 7.34. The number of aromatic nitrogens is 2. The van der Waals surface area contributed by atoms with E-state index in [4.69, 9.17) is 11.6 Å². The topological polar surface area (TPSA) is 52.1 Å². The molecule has 0 aliphatic rings. The zero-order chi connectivity index (χ0) is 11.5. The Hall–Kier alpha value is -1.68. The van der Waals surface area contributed by atoms with E-state index in [9.17, 15) is 4.79 Å². The van der Waals surface area contributed by atoms with Crippen molar-refractivity contribution in [3.05, 3.63) is 35.1 Å². The zero-order valence-corrected chi connectivity index (χ0v) is 9.36. The van der Waals surface area contributed by atoms with Crippen LogP contribution in [-0.2, 0) is 16.0 Å². The third-order valence-corrected chi connectivity index (χ3v) is 2.44. The Morgan fingerprint density at radius 2 is 1.94 bits per heavy atom. The smallest absolute Gasteiger partial charge is 0.311 e. The number of esters is 1. The van der Waals surface area contributed by atoms with Gasteiger partial charge in [-0.15, -0.1) is 0 Å². The molecule has 0 N–H and O–H groups in total. The third-order valence-electron chi connectivity index (χ3n) is 2.13. The first-order chi connectivity index (χ1) is 7.70. The minimum Gasteiger partial charge on any atom is -0.469 e. The van der Waals surface area contributed by atoms with E-state index in [-0.39, 0.29) is 17.5 Å². The SMILES string of the molecule is COC(=O)Cc1nc2ccccc2nc1Cl. The lowest BCUT2D eigenvalue weighted by Gasteiger charge is -2.03. The predicted octanol–water partition coefficient (Wildman–Crippen LogP) is 2.00. The van der Waals surface area contributed by atoms with Crippen molar-refractivity contribution in [1.29, 1.82) is 0 Å². The second-order valence-corrected chi connectivity index (χ2v) is 3.56. The monoisotopic (exact) mass is 236 g/mol. The van der Waals surface area contributed by atoms with Crippen LogP contribution in [0.5, 0.6) is 0 Å². The molecule has 1 aromatic heterocycles. The summed E-state index contributed by atoms with van der Waals surface area (Å²) in [6.45, 7) is 0. The molecule has 0 bridgehead atoms. The van der Waals surface area contributed by atoms with E-state index < -0.39 is 0 Å². The fourth-order valence-corrected chi connectivity index (χ4v) is 1.54. The second-order valence-electron chi connectivity index (χ2n) is 3.20. The number of methoxy groups -OCH3 is 1. The van der Waals surface area contributed by atoms with Crippen LogP contribution in [0.15, 0.2) is 24.3 Å². The van der Waals surface area contributed by atoms with Crippen molar-refractivity contribution in [3.63, 3.8) is 0 Å². The molecule has 4 nitrogen and oxygen atoms in total. The van der Waals surface area contributed by atoms with Gasteiger partial charge in [-0.05, 0) is 12.1 Å². The molecule has 0 aliphatic heterocycles. The van der Waals surface area contributed by atoms with E-state index in [0.29, 0.717) is 16.7 Å². The molecule has 0 saturated carbocycles. The maximum atomic E-state index is 11.1. The Balaban J connectivity index is 2.46. The van der Waals surface area contributed by atoms with E-state index in [1.54, 1.807) is 0 Å². The molecule has 0 fully saturated rings. The van der Waals surface area contributed by atoms with Crippen LogP contribution in [0.1, 0.15) is 5.69 Å². The van der Waals surface area contributed by atoms with Gasteiger partial charge in [-0.1, -0.05) is 23.7 Å². The van der Waals surface area contributed by atoms with Crippen LogP contribution >= 0.6 is 11.6 Å². The van der Waals surface area contributed by atoms with Gasteiger partial charge in [-0.3, -0.25) is 4.79 Å². The van der Waals surface area contributed by atoms with Crippen molar-refractivity contribution in [2.45, 2.75) is 6.42 Å². The number of para-hydroxylation sites is 2. The van der Waals surface area contributed by atoms with Crippen LogP contribution in [0.2, 0.25) is 5.15 Å². The Kier molecular flexibility index (Phi) is 3.01. The quantitative estimate of drug-likeness (QED) is 0.749. The highest BCUT2D eigenvalue weighted by Crippen LogP contribution is 2.17. The van der Waals surface area contributed by atoms with Gasteiger partial charge < -0.3 is 4.74 Å². The van der Waals surface area contributed by atoms with Crippen molar-refractivity contribution in [2.75, 3.05) is 7.11 Å². The molecule has 0 radical (unpaired) electrons. The van der Waals surface area contributed by atoms with E-state index in [0.717, 1.165) is 0 Å². The van der Waals surface area contributed by atoms with Crippen LogP contribution in [0, 0.1) is 0 Å². The van der Waals surface area contributed by atoms with Crippen molar-refractivity contribution in [3.8, 4) is 0 Å². The highest BCUT2D eigenvalue weighted by molar-refractivity contribution is 6.30. The summed E-state index contributed by atoms with van der Waals surface area (Å²) in [5.74, 6) is -0.383. The summed E-state index contributed by atoms with van der Waals surface area (Å²) in [6.07, 6.45) is 0.0349. The molecule has 0 unspecified atom stereocenters. The lowest BCUT2D eigenvalue weighted by Crippen LogP contribution is -2.07. The fraction of sp³-hybridized carbons (Fsp3) is 0.182. The first-order valence-electron chi connectivity index (χ1n) is 4.68. The first-order valence-corrected chi connectivity index (χ1v) is 5.06. The Morgan fingerprint density at radius 1 is 1.31 bits per heavy atom. The van der Waals surface area contributed by atoms with Crippen molar-refractivity contribution >= 4 is 28.6 Å². The van der Waals surface area contributed by atoms with Gasteiger partial charge in [0.1, 0.15) is 0 Å². The van der Waals surface area contributed by atoms with Gasteiger partial charge in [0, 0.05) is 0 Å². The normalized spacial score (nSPS) is 10.4. The molecule has 16 heavy (non-hydrogen) atoms. The molecule has 1 aromatic carbocycles. The molecule has 0 saturated heterocycles. The minimum absolute atomic E-state index is 0.0349. The number of hydrogen-bond acceptors (Lipinski definition) is 4. The van der Waals surface area contributed by atoms with Gasteiger partial charge in [0.05, 0.1) is 30.3 Å². The van der Waals surface area contributed by atoms with E-state index in [2.05, 4.69) is 14.7 Å². The number of ether oxygens (including phenoxy) is 1. The number of fused-ring (bicyclic) bond motifs is 1. The van der Waals surface area contributed by atoms with Gasteiger partial charge >= 0.3 is 5.97 Å². The standard InChI is InChI=1S/C11H9ClN2O2/c1-16-10(15)6-9-11(12)14-8-5-3-2-4-7(8)13-9/h2-5H,6H2,1H3. The lowest BCUT2D eigenvalue weighted by atomic mass is 10.2. The predicted molar refractivity (Wildman–Crippen MR) is 60.3 cm³/mol. The number of carbonyl (C=O) groups is 1. The van der Waals surface area contributed by atoms with Gasteiger partial charge in [-0.2, -0.15) is 0 Å². The summed E-state index contributed by atoms with van der Waals surface area (Å²) in [7, 11) is 1.32. The highest BCUT2D eigenvalue weighted by Gasteiger charge is 2.11. The van der Waals surface area contributed by atoms with Gasteiger partial charge in [0.15, 0.2) is 5.15 Å². The fourth-order valence-electron chi connectivity index (χ4n) is 1.34. The molecule has 0 spiro atoms. The summed E-state index contributed by atoms with van der Waals surface area (Å²) in [4.78, 5) is 19.5. The van der Waals surface area contributed by atoms with Crippen LogP contribution in [0.3, 0.4) is 0 Å². The van der Waals surface area contributed by atoms with E-state index >= 15 is 0 Å². The number of nitrogens with zero attached hydrogens (tertiary/aromatic N) is 2. The summed E-state index contributed by atoms with van der Waals surface area (Å²) in [5, 5.41) is 0.240. The number of hydrogen-bond donors (Lipinski definition) is 0. The number of halogens is 1. The molecule has 2 aromatic rings. The molecular weight excluding hydrogens is 228 g/mol. The molecule has 5 heteroatoms. The molecule has 2 rings (SSSR count). The van der Waals surface area contributed by atoms with E-state index in [1.807, 2.05) is 24.3 Å². The third kappa shape index (κ3) is 2.12. The molecule has 0 aliphatic carbocycles. The van der Waals surface area contributed by atoms with Gasteiger partial charge in [0.25, 0.3) is 0 Å². The van der Waals surface area contributed by atoms with Crippen molar-refractivity contribution in [2.24, 2.45) is 0 Å². The zero-order valence-electron chi connectivity index (χ0n) is 8.61. The summed E-state index contributed by atoms with van der Waals surface area (Å²) in [5.41, 5.74) is 1.86. The molecule has 0 amide bonds. The minimum atomic E-state index is -0.383. The Bertz CT molecular complexity index is 542. The van der Waals surface area contributed by atoms with Crippen LogP contribution in [0.4, 0.5) is 0 Å². The largest absolute Gasteiger partial charge is 0.469 e. The molecule has 0 atom stereocenters. The van der Waals surface area contributed by atoms with Crippen LogP contribution < -0.4 is 0 Å². The van der Waals surface area contributed by atoms with Gasteiger partial charge in [0.2, 0.25) is 0 Å². The van der Waals surface area contributed by atoms with Crippen LogP contribution in [0.25, 0.3) is 11.0 Å². The average Bonchev–Trinajstić information content (AvgIpc) is 2.30. The summed E-state index contributed by atoms with van der Waals surface area (Å²) >= 11 is 5.92. The summed E-state index contributed by atoms with van der Waals surface area (Å²) < 4.78 is 4.56. The van der Waals surface area contributed by atoms with Gasteiger partial charge in [-0.25, -0.2) is 9.97 Å². The molecule has 82 valence electrons. The van der Waals surface area contributed by atoms with Crippen molar-refractivity contribution < 1.29 is 9.53 Å². The lowest BCUT2D eigenvalue weighted by molar-refractivity contribution is -0.139. The van der Waals surface area contributed by atoms with Crippen molar-refractivity contribution in [1.82, 2.24) is 9.97 Å². The Labute approximate surface area is 97.2 Å².